The van der Waals surface area contributed by atoms with Gasteiger partial charge in [0.15, 0.2) is 0 Å². The highest BCUT2D eigenvalue weighted by atomic mass is 16.4. The number of hydrogen-bond acceptors (Lipinski definition) is 2. The summed E-state index contributed by atoms with van der Waals surface area (Å²) in [5.74, 6) is -0.0533. The summed E-state index contributed by atoms with van der Waals surface area (Å²) >= 11 is 0. The summed E-state index contributed by atoms with van der Waals surface area (Å²) in [4.78, 5) is 13.0. The van der Waals surface area contributed by atoms with Crippen molar-refractivity contribution in [3.05, 3.63) is 18.7 Å². The Hall–Kier alpha value is -1.32. The normalized spacial score (nSPS) is 9.43. The third kappa shape index (κ3) is 8.77. The zero-order chi connectivity index (χ0) is 11.0. The van der Waals surface area contributed by atoms with Crippen LogP contribution in [0.4, 0.5) is 0 Å². The van der Waals surface area contributed by atoms with E-state index in [1.165, 1.54) is 6.42 Å². The van der Waals surface area contributed by atoms with Crippen molar-refractivity contribution in [3.63, 3.8) is 0 Å². The molecule has 4 nitrogen and oxygen atoms in total. The molecule has 0 spiro atoms. The fraction of sp³-hybridized carbons (Fsp3) is 0.600. The highest BCUT2D eigenvalue weighted by Crippen LogP contribution is 2.01. The van der Waals surface area contributed by atoms with E-state index >= 15 is 0 Å². The number of carbonyl (C=O) groups is 1. The fourth-order valence-corrected chi connectivity index (χ4v) is 0.826. The summed E-state index contributed by atoms with van der Waals surface area (Å²) in [5, 5.41) is 7.42. The molecular weight excluding hydrogens is 180 g/mol. The minimum atomic E-state index is -0.833. The quantitative estimate of drug-likeness (QED) is 0.808. The summed E-state index contributed by atoms with van der Waals surface area (Å²) in [5.41, 5.74) is 0. The van der Waals surface area contributed by atoms with Crippen LogP contribution < -0.4 is 0 Å². The fourth-order valence-electron chi connectivity index (χ4n) is 0.826. The molecule has 0 aliphatic heterocycles. The summed E-state index contributed by atoms with van der Waals surface area (Å²) < 4.78 is 2.11. The Morgan fingerprint density at radius 3 is 2.50 bits per heavy atom. The number of rotatable bonds is 3. The van der Waals surface area contributed by atoms with Gasteiger partial charge in [-0.1, -0.05) is 13.8 Å². The second-order valence-electron chi connectivity index (χ2n) is 3.50. The van der Waals surface area contributed by atoms with Gasteiger partial charge in [0.05, 0.1) is 6.33 Å². The van der Waals surface area contributed by atoms with Crippen molar-refractivity contribution in [1.82, 2.24) is 9.55 Å². The second kappa shape index (κ2) is 7.12. The van der Waals surface area contributed by atoms with E-state index in [9.17, 15) is 0 Å². The van der Waals surface area contributed by atoms with Crippen molar-refractivity contribution in [1.29, 1.82) is 0 Å². The molecule has 0 bridgehead atoms. The maximum Gasteiger partial charge on any atom is 0.300 e. The highest BCUT2D eigenvalue weighted by molar-refractivity contribution is 5.62. The van der Waals surface area contributed by atoms with Crippen LogP contribution in [-0.2, 0) is 11.3 Å². The first-order valence-corrected chi connectivity index (χ1v) is 4.67. The molecule has 1 rings (SSSR count). The van der Waals surface area contributed by atoms with E-state index in [-0.39, 0.29) is 0 Å². The predicted molar refractivity (Wildman–Crippen MR) is 55.0 cm³/mol. The van der Waals surface area contributed by atoms with Crippen molar-refractivity contribution in [2.24, 2.45) is 5.92 Å². The summed E-state index contributed by atoms with van der Waals surface area (Å²) in [6.45, 7) is 6.64. The van der Waals surface area contributed by atoms with E-state index in [4.69, 9.17) is 9.90 Å². The van der Waals surface area contributed by atoms with E-state index in [0.29, 0.717) is 0 Å². The maximum absolute atomic E-state index is 9.00. The van der Waals surface area contributed by atoms with Gasteiger partial charge in [0.2, 0.25) is 0 Å². The van der Waals surface area contributed by atoms with E-state index in [1.807, 2.05) is 18.7 Å². The molecule has 0 saturated heterocycles. The van der Waals surface area contributed by atoms with Crippen molar-refractivity contribution in [3.8, 4) is 0 Å². The van der Waals surface area contributed by atoms with Gasteiger partial charge < -0.3 is 9.67 Å². The molecule has 4 heteroatoms. The lowest BCUT2D eigenvalue weighted by Gasteiger charge is -2.03. The Bertz CT molecular complexity index is 239. The van der Waals surface area contributed by atoms with Gasteiger partial charge >= 0.3 is 0 Å². The van der Waals surface area contributed by atoms with Crippen LogP contribution in [0.25, 0.3) is 0 Å². The minimum absolute atomic E-state index is 0.780. The van der Waals surface area contributed by atoms with Crippen LogP contribution in [-0.4, -0.2) is 20.6 Å². The zero-order valence-corrected chi connectivity index (χ0v) is 8.97. The van der Waals surface area contributed by atoms with Gasteiger partial charge in [-0.25, -0.2) is 4.98 Å². The molecule has 14 heavy (non-hydrogen) atoms. The van der Waals surface area contributed by atoms with Crippen LogP contribution in [0.15, 0.2) is 18.7 Å². The number of imidazole rings is 1. The number of carboxylic acid groups (broad SMARTS) is 1. The van der Waals surface area contributed by atoms with Crippen LogP contribution >= 0.6 is 0 Å². The average molecular weight is 198 g/mol. The Labute approximate surface area is 84.6 Å². The standard InChI is InChI=1S/C8H14N2.C2H4O2/c1-8(2)3-5-10-6-4-9-7-10;1-2(3)4/h4,6-8H,3,5H2,1-2H3;1H3,(H,3,4). The largest absolute Gasteiger partial charge is 0.481 e. The molecule has 0 amide bonds. The number of aliphatic carboxylic acids is 1. The van der Waals surface area contributed by atoms with Gasteiger partial charge in [-0.15, -0.1) is 0 Å². The molecule has 1 aromatic heterocycles. The lowest BCUT2D eigenvalue weighted by Crippen LogP contribution is -1.98. The summed E-state index contributed by atoms with van der Waals surface area (Å²) in [6.07, 6.45) is 6.92. The predicted octanol–water partition coefficient (Wildman–Crippen LogP) is 2.02. The third-order valence-electron chi connectivity index (χ3n) is 1.52. The number of carboxylic acids is 1. The van der Waals surface area contributed by atoms with E-state index in [2.05, 4.69) is 23.4 Å². The Morgan fingerprint density at radius 2 is 2.14 bits per heavy atom. The second-order valence-corrected chi connectivity index (χ2v) is 3.50. The first kappa shape index (κ1) is 12.7. The minimum Gasteiger partial charge on any atom is -0.481 e. The van der Waals surface area contributed by atoms with Gasteiger partial charge in [0.25, 0.3) is 5.97 Å². The summed E-state index contributed by atoms with van der Waals surface area (Å²) in [7, 11) is 0. The van der Waals surface area contributed by atoms with Crippen LogP contribution in [0, 0.1) is 5.92 Å². The smallest absolute Gasteiger partial charge is 0.300 e. The Kier molecular flexibility index (Phi) is 6.45. The molecule has 0 aliphatic rings. The lowest BCUT2D eigenvalue weighted by molar-refractivity contribution is -0.134. The molecule has 0 aliphatic carbocycles. The number of hydrogen-bond donors (Lipinski definition) is 1. The van der Waals surface area contributed by atoms with Crippen LogP contribution in [0.5, 0.6) is 0 Å². The monoisotopic (exact) mass is 198 g/mol. The first-order chi connectivity index (χ1) is 6.52. The van der Waals surface area contributed by atoms with Crippen molar-refractivity contribution in [2.45, 2.75) is 33.7 Å². The van der Waals surface area contributed by atoms with Gasteiger partial charge in [-0.05, 0) is 12.3 Å². The van der Waals surface area contributed by atoms with Crippen molar-refractivity contribution >= 4 is 5.97 Å². The van der Waals surface area contributed by atoms with Crippen molar-refractivity contribution in [2.75, 3.05) is 0 Å². The first-order valence-electron chi connectivity index (χ1n) is 4.67. The van der Waals surface area contributed by atoms with Gasteiger partial charge in [-0.2, -0.15) is 0 Å². The summed E-state index contributed by atoms with van der Waals surface area (Å²) in [6, 6.07) is 0. The van der Waals surface area contributed by atoms with E-state index in [1.54, 1.807) is 0 Å². The molecule has 0 radical (unpaired) electrons. The Balaban J connectivity index is 0.000000364. The number of aromatic nitrogens is 2. The van der Waals surface area contributed by atoms with Crippen molar-refractivity contribution < 1.29 is 9.90 Å². The van der Waals surface area contributed by atoms with Crippen LogP contribution in [0.2, 0.25) is 0 Å². The molecule has 1 aromatic rings. The van der Waals surface area contributed by atoms with Crippen LogP contribution in [0.1, 0.15) is 27.2 Å². The molecule has 0 aromatic carbocycles. The van der Waals surface area contributed by atoms with Gasteiger partial charge in [0, 0.05) is 25.9 Å². The Morgan fingerprint density at radius 1 is 1.57 bits per heavy atom. The molecule has 0 unspecified atom stereocenters. The highest BCUT2D eigenvalue weighted by Gasteiger charge is 1.93. The molecule has 1 heterocycles. The molecule has 1 N–H and O–H groups in total. The molecule has 80 valence electrons. The zero-order valence-electron chi connectivity index (χ0n) is 8.97. The molecular formula is C10H18N2O2. The maximum atomic E-state index is 9.00. The molecule has 0 fully saturated rings. The molecule has 0 atom stereocenters. The van der Waals surface area contributed by atoms with Gasteiger partial charge in [-0.3, -0.25) is 4.79 Å². The SMILES string of the molecule is CC(=O)O.CC(C)CCn1ccnc1. The third-order valence-corrected chi connectivity index (χ3v) is 1.52. The van der Waals surface area contributed by atoms with E-state index < -0.39 is 5.97 Å². The number of nitrogens with zero attached hydrogens (tertiary/aromatic N) is 2. The number of aryl methyl sites for hydroxylation is 1. The lowest BCUT2D eigenvalue weighted by atomic mass is 10.1. The molecule has 0 saturated carbocycles. The van der Waals surface area contributed by atoms with Gasteiger partial charge in [0.1, 0.15) is 0 Å². The topological polar surface area (TPSA) is 55.1 Å². The average Bonchev–Trinajstić information content (AvgIpc) is 2.51. The van der Waals surface area contributed by atoms with E-state index in [0.717, 1.165) is 19.4 Å². The van der Waals surface area contributed by atoms with Crippen LogP contribution in [0.3, 0.4) is 0 Å².